The van der Waals surface area contributed by atoms with Gasteiger partial charge in [-0.1, -0.05) is 0 Å². The van der Waals surface area contributed by atoms with Crippen molar-refractivity contribution in [1.29, 1.82) is 0 Å². The van der Waals surface area contributed by atoms with Crippen LogP contribution < -0.4 is 0 Å². The minimum Gasteiger partial charge on any atom is -0.388 e. The van der Waals surface area contributed by atoms with Crippen LogP contribution in [-0.4, -0.2) is 33.7 Å². The molecule has 0 aliphatic carbocycles. The highest BCUT2D eigenvalue weighted by Crippen LogP contribution is 2.21. The van der Waals surface area contributed by atoms with Gasteiger partial charge in [0.2, 0.25) is 0 Å². The van der Waals surface area contributed by atoms with Crippen molar-refractivity contribution >= 4 is 16.5 Å². The minimum atomic E-state index is -3.11. The predicted molar refractivity (Wildman–Crippen MR) is 44.9 cm³/mol. The Bertz CT molecular complexity index is 195. The number of rotatable bonds is 6. The van der Waals surface area contributed by atoms with E-state index in [4.69, 9.17) is 14.9 Å². The molecule has 0 aromatic carbocycles. The normalized spacial score (nSPS) is 20.6. The lowest BCUT2D eigenvalue weighted by Crippen LogP contribution is -2.28. The Balaban J connectivity index is 3.75. The fourth-order valence-corrected chi connectivity index (χ4v) is 1.32. The van der Waals surface area contributed by atoms with Gasteiger partial charge in [0.15, 0.2) is 0 Å². The minimum absolute atomic E-state index is 0.412. The van der Waals surface area contributed by atoms with Crippen molar-refractivity contribution in [3.05, 3.63) is 0 Å². The van der Waals surface area contributed by atoms with Crippen molar-refractivity contribution in [2.75, 3.05) is 6.61 Å². The first-order valence-electron chi connectivity index (χ1n) is 3.37. The third-order valence-electron chi connectivity index (χ3n) is 1.21. The average Bonchev–Trinajstić information content (AvgIpc) is 1.98. The van der Waals surface area contributed by atoms with Crippen molar-refractivity contribution in [2.45, 2.75) is 19.1 Å². The van der Waals surface area contributed by atoms with E-state index in [1.807, 2.05) is 0 Å². The Labute approximate surface area is 76.2 Å². The molecule has 4 atom stereocenters. The summed E-state index contributed by atoms with van der Waals surface area (Å²) in [5, 5.41) is 9.10. The van der Waals surface area contributed by atoms with Crippen LogP contribution in [0.15, 0.2) is 0 Å². The first-order chi connectivity index (χ1) is 5.93. The van der Waals surface area contributed by atoms with Crippen LogP contribution in [-0.2, 0) is 18.2 Å². The van der Waals surface area contributed by atoms with Gasteiger partial charge in [-0.15, -0.1) is 0 Å². The highest BCUT2D eigenvalue weighted by molar-refractivity contribution is 7.32. The Hall–Kier alpha value is 0.260. The van der Waals surface area contributed by atoms with Crippen LogP contribution in [0, 0.1) is 0 Å². The Kier molecular flexibility index (Phi) is 6.81. The third kappa shape index (κ3) is 7.34. The molecule has 0 bridgehead atoms. The molecule has 7 nitrogen and oxygen atoms in total. The highest BCUT2D eigenvalue weighted by atomic mass is 31.1. The largest absolute Gasteiger partial charge is 0.388 e. The molecule has 0 rings (SSSR count). The van der Waals surface area contributed by atoms with Crippen molar-refractivity contribution < 1.29 is 33.1 Å². The monoisotopic (exact) mass is 234 g/mol. The summed E-state index contributed by atoms with van der Waals surface area (Å²) >= 11 is 0. The van der Waals surface area contributed by atoms with Gasteiger partial charge in [-0.25, -0.2) is 0 Å². The summed E-state index contributed by atoms with van der Waals surface area (Å²) in [7, 11) is -6.20. The van der Waals surface area contributed by atoms with Gasteiger partial charge in [0.1, 0.15) is 6.10 Å². The summed E-state index contributed by atoms with van der Waals surface area (Å²) < 4.78 is 28.8. The molecule has 0 heterocycles. The lowest BCUT2D eigenvalue weighted by Gasteiger charge is -2.16. The van der Waals surface area contributed by atoms with Crippen molar-refractivity contribution in [3.8, 4) is 0 Å². The number of aliphatic hydroxyl groups excluding tert-OH is 1. The van der Waals surface area contributed by atoms with Crippen LogP contribution in [0.2, 0.25) is 0 Å². The molecule has 0 saturated heterocycles. The van der Waals surface area contributed by atoms with Crippen molar-refractivity contribution in [3.63, 3.8) is 0 Å². The molecule has 0 aliphatic heterocycles. The van der Waals surface area contributed by atoms with Gasteiger partial charge < -0.3 is 23.9 Å². The zero-order chi connectivity index (χ0) is 10.4. The Morgan fingerprint density at radius 3 is 2.23 bits per heavy atom. The van der Waals surface area contributed by atoms with Gasteiger partial charge >= 0.3 is 16.5 Å². The van der Waals surface area contributed by atoms with E-state index in [-0.39, 0.29) is 0 Å². The maximum Gasteiger partial charge on any atom is 0.316 e. The molecule has 0 radical (unpaired) electrons. The standard InChI is InChI=1S/C4H12O7P2/c1-3(11-13(8)9)4(5)2-10-12(6)7/h3-5,12-13H,2H2,1H3,(H,6,7)(H,8,9). The van der Waals surface area contributed by atoms with E-state index >= 15 is 0 Å². The molecule has 13 heavy (non-hydrogen) atoms. The van der Waals surface area contributed by atoms with E-state index in [0.29, 0.717) is 0 Å². The second kappa shape index (κ2) is 6.68. The van der Waals surface area contributed by atoms with Crippen molar-refractivity contribution in [2.24, 2.45) is 0 Å². The SMILES string of the molecule is CC(O[PH](=O)O)C(O)CO[PH](=O)O. The Morgan fingerprint density at radius 2 is 1.85 bits per heavy atom. The summed E-state index contributed by atoms with van der Waals surface area (Å²) in [5.74, 6) is 0. The van der Waals surface area contributed by atoms with Crippen LogP contribution in [0.3, 0.4) is 0 Å². The van der Waals surface area contributed by atoms with E-state index in [1.54, 1.807) is 0 Å². The number of hydrogen-bond acceptors (Lipinski definition) is 5. The number of hydrogen-bond donors (Lipinski definition) is 3. The van der Waals surface area contributed by atoms with Crippen LogP contribution in [0.25, 0.3) is 0 Å². The molecule has 0 aliphatic rings. The molecule has 0 fully saturated rings. The molecular formula is C4H12O7P2. The second-order valence-electron chi connectivity index (χ2n) is 2.23. The first kappa shape index (κ1) is 13.3. The van der Waals surface area contributed by atoms with Crippen molar-refractivity contribution in [1.82, 2.24) is 0 Å². The third-order valence-corrected chi connectivity index (χ3v) is 2.19. The molecule has 0 aromatic rings. The fourth-order valence-electron chi connectivity index (χ4n) is 0.530. The summed E-state index contributed by atoms with van der Waals surface area (Å²) in [6.07, 6.45) is -2.13. The topological polar surface area (TPSA) is 113 Å². The fraction of sp³-hybridized carbons (Fsp3) is 1.00. The molecule has 3 N–H and O–H groups in total. The molecule has 0 spiro atoms. The number of aliphatic hydroxyl groups is 1. The van der Waals surface area contributed by atoms with E-state index in [9.17, 15) is 9.13 Å². The summed E-state index contributed by atoms with van der Waals surface area (Å²) in [6, 6.07) is 0. The van der Waals surface area contributed by atoms with Gasteiger partial charge in [0, 0.05) is 0 Å². The smallest absolute Gasteiger partial charge is 0.316 e. The van der Waals surface area contributed by atoms with Crippen LogP contribution >= 0.6 is 16.5 Å². The van der Waals surface area contributed by atoms with Gasteiger partial charge in [-0.2, -0.15) is 0 Å². The zero-order valence-corrected chi connectivity index (χ0v) is 8.84. The summed E-state index contributed by atoms with van der Waals surface area (Å²) in [6.45, 7) is 0.937. The second-order valence-corrected chi connectivity index (χ2v) is 3.82. The van der Waals surface area contributed by atoms with E-state index in [0.717, 1.165) is 0 Å². The van der Waals surface area contributed by atoms with E-state index < -0.39 is 35.3 Å². The molecule has 4 unspecified atom stereocenters. The molecule has 9 heteroatoms. The Morgan fingerprint density at radius 1 is 1.31 bits per heavy atom. The quantitative estimate of drug-likeness (QED) is 0.532. The zero-order valence-electron chi connectivity index (χ0n) is 6.84. The van der Waals surface area contributed by atoms with E-state index in [2.05, 4.69) is 9.05 Å². The van der Waals surface area contributed by atoms with Gasteiger partial charge in [-0.3, -0.25) is 9.13 Å². The van der Waals surface area contributed by atoms with Crippen LogP contribution in [0.4, 0.5) is 0 Å². The molecular weight excluding hydrogens is 222 g/mol. The average molecular weight is 234 g/mol. The van der Waals surface area contributed by atoms with Crippen LogP contribution in [0.1, 0.15) is 6.92 Å². The highest BCUT2D eigenvalue weighted by Gasteiger charge is 2.17. The summed E-state index contributed by atoms with van der Waals surface area (Å²) in [4.78, 5) is 16.5. The maximum atomic E-state index is 10.2. The molecule has 0 amide bonds. The molecule has 0 saturated carbocycles. The first-order valence-corrected chi connectivity index (χ1v) is 5.89. The lowest BCUT2D eigenvalue weighted by molar-refractivity contribution is 0.0135. The van der Waals surface area contributed by atoms with Gasteiger partial charge in [0.05, 0.1) is 12.7 Å². The molecule has 80 valence electrons. The predicted octanol–water partition coefficient (Wildman–Crippen LogP) is -0.467. The maximum absolute atomic E-state index is 10.2. The summed E-state index contributed by atoms with van der Waals surface area (Å²) in [5.41, 5.74) is 0. The van der Waals surface area contributed by atoms with E-state index in [1.165, 1.54) is 6.92 Å². The van der Waals surface area contributed by atoms with Gasteiger partial charge in [-0.05, 0) is 6.92 Å². The van der Waals surface area contributed by atoms with Gasteiger partial charge in [0.25, 0.3) is 0 Å². The molecule has 0 aromatic heterocycles. The lowest BCUT2D eigenvalue weighted by atomic mass is 10.2. The van der Waals surface area contributed by atoms with Crippen LogP contribution in [0.5, 0.6) is 0 Å².